The Bertz CT molecular complexity index is 876. The second kappa shape index (κ2) is 5.60. The highest BCUT2D eigenvalue weighted by Crippen LogP contribution is 2.60. The van der Waals surface area contributed by atoms with E-state index in [4.69, 9.17) is 4.42 Å². The van der Waals surface area contributed by atoms with Crippen LogP contribution in [0.4, 0.5) is 13.2 Å². The normalized spacial score (nSPS) is 34.3. The molecule has 5 aliphatic rings. The van der Waals surface area contributed by atoms with Crippen LogP contribution in [0.15, 0.2) is 10.5 Å². The van der Waals surface area contributed by atoms with Crippen molar-refractivity contribution in [1.29, 1.82) is 0 Å². The molecule has 150 valence electrons. The molecule has 5 saturated carbocycles. The first kappa shape index (κ1) is 17.0. The molecule has 0 amide bonds. The van der Waals surface area contributed by atoms with Gasteiger partial charge in [0, 0.05) is 17.0 Å². The van der Waals surface area contributed by atoms with Crippen molar-refractivity contribution in [2.24, 2.45) is 17.8 Å². The summed E-state index contributed by atoms with van der Waals surface area (Å²) in [7, 11) is 0. The van der Waals surface area contributed by atoms with E-state index in [-0.39, 0.29) is 17.9 Å². The fourth-order valence-corrected chi connectivity index (χ4v) is 6.44. The molecule has 7 rings (SSSR count). The van der Waals surface area contributed by atoms with Crippen LogP contribution in [0.1, 0.15) is 80.5 Å². The van der Waals surface area contributed by atoms with E-state index in [1.54, 1.807) is 0 Å². The summed E-state index contributed by atoms with van der Waals surface area (Å²) in [4.78, 5) is 0. The molecule has 5 fully saturated rings. The zero-order chi connectivity index (χ0) is 19.1. The maximum absolute atomic E-state index is 13.1. The molecule has 0 saturated heterocycles. The van der Waals surface area contributed by atoms with E-state index in [2.05, 4.69) is 15.3 Å². The molecule has 0 unspecified atom stereocenters. The summed E-state index contributed by atoms with van der Waals surface area (Å²) >= 11 is 0. The van der Waals surface area contributed by atoms with E-state index in [0.29, 0.717) is 17.5 Å². The zero-order valence-corrected chi connectivity index (χ0v) is 15.6. The van der Waals surface area contributed by atoms with Gasteiger partial charge in [-0.2, -0.15) is 18.3 Å². The number of rotatable bonds is 4. The van der Waals surface area contributed by atoms with Crippen molar-refractivity contribution in [3.63, 3.8) is 0 Å². The molecular formula is C20H23F3N4O. The van der Waals surface area contributed by atoms with Crippen LogP contribution < -0.4 is 0 Å². The monoisotopic (exact) mass is 392 g/mol. The molecule has 2 aromatic rings. The predicted molar refractivity (Wildman–Crippen MR) is 92.5 cm³/mol. The summed E-state index contributed by atoms with van der Waals surface area (Å²) in [5, 5.41) is 12.4. The van der Waals surface area contributed by atoms with Crippen LogP contribution in [0.3, 0.4) is 0 Å². The highest BCUT2D eigenvalue weighted by atomic mass is 19.4. The minimum atomic E-state index is -4.44. The smallest absolute Gasteiger partial charge is 0.423 e. The number of aromatic nitrogens is 4. The van der Waals surface area contributed by atoms with Gasteiger partial charge < -0.3 is 4.42 Å². The molecular weight excluding hydrogens is 369 g/mol. The molecule has 0 atom stereocenters. The summed E-state index contributed by atoms with van der Waals surface area (Å²) in [5.41, 5.74) is -0.210. The van der Waals surface area contributed by atoms with E-state index in [1.165, 1.54) is 30.0 Å². The maximum Gasteiger partial charge on any atom is 0.435 e. The first-order chi connectivity index (χ1) is 13.4. The second-order valence-electron chi connectivity index (χ2n) is 9.58. The molecule has 0 N–H and O–H groups in total. The quantitative estimate of drug-likeness (QED) is 0.758. The van der Waals surface area contributed by atoms with Crippen LogP contribution in [0, 0.1) is 17.8 Å². The summed E-state index contributed by atoms with van der Waals surface area (Å²) in [6, 6.07) is 1.17. The number of halogens is 3. The van der Waals surface area contributed by atoms with Gasteiger partial charge in [-0.25, -0.2) is 0 Å². The lowest BCUT2D eigenvalue weighted by atomic mass is 9.49. The van der Waals surface area contributed by atoms with Gasteiger partial charge in [0.25, 0.3) is 0 Å². The zero-order valence-electron chi connectivity index (χ0n) is 15.6. The Kier molecular flexibility index (Phi) is 3.41. The lowest BCUT2D eigenvalue weighted by molar-refractivity contribution is -0.141. The lowest BCUT2D eigenvalue weighted by Crippen LogP contribution is -2.48. The predicted octanol–water partition coefficient (Wildman–Crippen LogP) is 4.68. The summed E-state index contributed by atoms with van der Waals surface area (Å²) in [6.07, 6.45) is 4.73. The van der Waals surface area contributed by atoms with Crippen molar-refractivity contribution in [2.45, 2.75) is 75.4 Å². The van der Waals surface area contributed by atoms with E-state index in [1.807, 2.05) is 0 Å². The van der Waals surface area contributed by atoms with Crippen molar-refractivity contribution in [3.8, 4) is 0 Å². The SMILES string of the molecule is FC(F)(F)c1cc(C2CC2)n(Cc2nnc(C34CC5CC(CC(C5)C3)C4)o2)n1. The minimum Gasteiger partial charge on any atom is -0.423 e. The molecule has 0 aliphatic heterocycles. The molecule has 0 spiro atoms. The third-order valence-corrected chi connectivity index (χ3v) is 7.34. The van der Waals surface area contributed by atoms with E-state index in [9.17, 15) is 13.2 Å². The van der Waals surface area contributed by atoms with E-state index < -0.39 is 11.9 Å². The summed E-state index contributed by atoms with van der Waals surface area (Å²) in [5.74, 6) is 3.53. The van der Waals surface area contributed by atoms with Crippen LogP contribution >= 0.6 is 0 Å². The topological polar surface area (TPSA) is 56.7 Å². The third-order valence-electron chi connectivity index (χ3n) is 7.34. The van der Waals surface area contributed by atoms with Gasteiger partial charge in [0.05, 0.1) is 0 Å². The van der Waals surface area contributed by atoms with E-state index >= 15 is 0 Å². The van der Waals surface area contributed by atoms with Crippen molar-refractivity contribution in [1.82, 2.24) is 20.0 Å². The van der Waals surface area contributed by atoms with Gasteiger partial charge >= 0.3 is 6.18 Å². The number of hydrogen-bond acceptors (Lipinski definition) is 4. The van der Waals surface area contributed by atoms with Crippen LogP contribution in [-0.2, 0) is 18.1 Å². The van der Waals surface area contributed by atoms with Crippen LogP contribution in [0.2, 0.25) is 0 Å². The highest BCUT2D eigenvalue weighted by molar-refractivity contribution is 5.21. The van der Waals surface area contributed by atoms with Gasteiger partial charge in [-0.15, -0.1) is 10.2 Å². The van der Waals surface area contributed by atoms with Crippen molar-refractivity contribution < 1.29 is 17.6 Å². The molecule has 2 heterocycles. The molecule has 2 aromatic heterocycles. The van der Waals surface area contributed by atoms with E-state index in [0.717, 1.165) is 49.9 Å². The van der Waals surface area contributed by atoms with Gasteiger partial charge in [-0.3, -0.25) is 4.68 Å². The molecule has 28 heavy (non-hydrogen) atoms. The fraction of sp³-hybridized carbons (Fsp3) is 0.750. The standard InChI is InChI=1S/C20H23F3N4O/c21-20(22,23)16-6-15(14-1-2-14)27(26-16)10-17-24-25-18(28-17)19-7-11-3-12(8-19)5-13(4-11)9-19/h6,11-14H,1-5,7-10H2. The van der Waals surface area contributed by atoms with Crippen LogP contribution in [0.25, 0.3) is 0 Å². The molecule has 5 nitrogen and oxygen atoms in total. The Morgan fingerprint density at radius 1 is 1.04 bits per heavy atom. The lowest BCUT2D eigenvalue weighted by Gasteiger charge is -2.55. The van der Waals surface area contributed by atoms with Gasteiger partial charge in [0.15, 0.2) is 5.69 Å². The fourth-order valence-electron chi connectivity index (χ4n) is 6.44. The Labute approximate surface area is 160 Å². The molecule has 0 aromatic carbocycles. The van der Waals surface area contributed by atoms with Crippen molar-refractivity contribution >= 4 is 0 Å². The van der Waals surface area contributed by atoms with Crippen LogP contribution in [-0.4, -0.2) is 20.0 Å². The number of hydrogen-bond donors (Lipinski definition) is 0. The molecule has 4 bridgehead atoms. The minimum absolute atomic E-state index is 0.000564. The van der Waals surface area contributed by atoms with Crippen LogP contribution in [0.5, 0.6) is 0 Å². The second-order valence-corrected chi connectivity index (χ2v) is 9.58. The Balaban J connectivity index is 1.28. The Morgan fingerprint density at radius 3 is 2.25 bits per heavy atom. The first-order valence-corrected chi connectivity index (χ1v) is 10.4. The summed E-state index contributed by atoms with van der Waals surface area (Å²) < 4.78 is 46.8. The average Bonchev–Trinajstić information content (AvgIpc) is 3.17. The average molecular weight is 392 g/mol. The summed E-state index contributed by atoms with van der Waals surface area (Å²) in [6.45, 7) is 0.112. The Hall–Kier alpha value is -1.86. The van der Waals surface area contributed by atoms with Gasteiger partial charge in [0.1, 0.15) is 6.54 Å². The molecule has 0 radical (unpaired) electrons. The van der Waals surface area contributed by atoms with Gasteiger partial charge in [-0.1, -0.05) is 0 Å². The maximum atomic E-state index is 13.1. The Morgan fingerprint density at radius 2 is 1.68 bits per heavy atom. The van der Waals surface area contributed by atoms with Gasteiger partial charge in [-0.05, 0) is 75.2 Å². The number of alkyl halides is 3. The van der Waals surface area contributed by atoms with Crippen molar-refractivity contribution in [2.75, 3.05) is 0 Å². The molecule has 5 aliphatic carbocycles. The van der Waals surface area contributed by atoms with Crippen molar-refractivity contribution in [3.05, 3.63) is 29.2 Å². The number of nitrogens with zero attached hydrogens (tertiary/aromatic N) is 4. The largest absolute Gasteiger partial charge is 0.435 e. The highest BCUT2D eigenvalue weighted by Gasteiger charge is 2.54. The third kappa shape index (κ3) is 2.70. The first-order valence-electron chi connectivity index (χ1n) is 10.4. The van der Waals surface area contributed by atoms with Gasteiger partial charge in [0.2, 0.25) is 11.8 Å². The molecule has 8 heteroatoms.